The van der Waals surface area contributed by atoms with Crippen LogP contribution in [-0.2, 0) is 23.8 Å². The molecule has 244 valence electrons. The van der Waals surface area contributed by atoms with Gasteiger partial charge in [0.1, 0.15) is 17.3 Å². The number of anilines is 2. The molecule has 0 radical (unpaired) electrons. The summed E-state index contributed by atoms with van der Waals surface area (Å²) >= 11 is 0. The summed E-state index contributed by atoms with van der Waals surface area (Å²) in [5.74, 6) is -0.587. The van der Waals surface area contributed by atoms with Crippen molar-refractivity contribution in [2.75, 3.05) is 31.6 Å². The molecule has 6 rings (SSSR count). The van der Waals surface area contributed by atoms with Gasteiger partial charge in [-0.25, -0.2) is 14.1 Å². The van der Waals surface area contributed by atoms with Gasteiger partial charge >= 0.3 is 0 Å². The zero-order chi connectivity index (χ0) is 34.2. The van der Waals surface area contributed by atoms with Gasteiger partial charge < -0.3 is 20.1 Å². The number of nitriles is 1. The lowest BCUT2D eigenvalue weighted by Gasteiger charge is -2.26. The third-order valence-corrected chi connectivity index (χ3v) is 8.44. The summed E-state index contributed by atoms with van der Waals surface area (Å²) in [5, 5.41) is 27.7. The van der Waals surface area contributed by atoms with E-state index in [1.807, 2.05) is 0 Å². The third kappa shape index (κ3) is 5.94. The SMILES string of the molecule is Cn1nc(-c2cccc(-n3ccc4cc(C(C)(C)C#N)cc(F)c4c3=O)c2CO)cc(Nc2ccc(C(=O)N3CCOCC3)cn2)c1=O. The quantitative estimate of drug-likeness (QED) is 0.268. The number of carbonyl (C=O) groups excluding carboxylic acids is 1. The van der Waals surface area contributed by atoms with Gasteiger partial charge in [0, 0.05) is 43.7 Å². The van der Waals surface area contributed by atoms with Gasteiger partial charge in [0.15, 0.2) is 0 Å². The normalized spacial score (nSPS) is 13.4. The molecule has 0 bridgehead atoms. The van der Waals surface area contributed by atoms with Crippen LogP contribution in [0, 0.1) is 17.1 Å². The number of aryl methyl sites for hydroxylation is 1. The molecular formula is C35H32FN7O5. The number of pyridine rings is 2. The van der Waals surface area contributed by atoms with Crippen molar-refractivity contribution in [2.45, 2.75) is 25.9 Å². The predicted molar refractivity (Wildman–Crippen MR) is 177 cm³/mol. The zero-order valence-corrected chi connectivity index (χ0v) is 26.5. The topological polar surface area (TPSA) is 155 Å². The Balaban J connectivity index is 1.36. The molecule has 1 amide bonds. The van der Waals surface area contributed by atoms with E-state index in [0.29, 0.717) is 71.1 Å². The van der Waals surface area contributed by atoms with Gasteiger partial charge in [-0.3, -0.25) is 19.0 Å². The molecule has 5 aromatic rings. The van der Waals surface area contributed by atoms with Gasteiger partial charge in [0.25, 0.3) is 17.0 Å². The van der Waals surface area contributed by atoms with Crippen molar-refractivity contribution in [1.82, 2.24) is 24.2 Å². The van der Waals surface area contributed by atoms with E-state index >= 15 is 4.39 Å². The first kappa shape index (κ1) is 32.2. The van der Waals surface area contributed by atoms with Crippen molar-refractivity contribution >= 4 is 28.2 Å². The molecule has 2 N–H and O–H groups in total. The third-order valence-electron chi connectivity index (χ3n) is 8.44. The maximum Gasteiger partial charge on any atom is 0.290 e. The van der Waals surface area contributed by atoms with Crippen LogP contribution in [0.3, 0.4) is 0 Å². The summed E-state index contributed by atoms with van der Waals surface area (Å²) in [7, 11) is 1.48. The average molecular weight is 650 g/mol. The van der Waals surface area contributed by atoms with Gasteiger partial charge in [-0.1, -0.05) is 12.1 Å². The smallest absolute Gasteiger partial charge is 0.290 e. The highest BCUT2D eigenvalue weighted by Gasteiger charge is 2.24. The molecule has 0 unspecified atom stereocenters. The molecule has 2 aromatic carbocycles. The minimum atomic E-state index is -0.958. The van der Waals surface area contributed by atoms with Crippen LogP contribution in [0.15, 0.2) is 76.6 Å². The molecule has 1 fully saturated rings. The number of ether oxygens (including phenoxy) is 1. The summed E-state index contributed by atoms with van der Waals surface area (Å²) in [6.07, 6.45) is 2.93. The Hall–Kier alpha value is -5.71. The van der Waals surface area contributed by atoms with E-state index in [9.17, 15) is 24.8 Å². The van der Waals surface area contributed by atoms with Gasteiger partial charge in [0.05, 0.1) is 53.6 Å². The number of morpholine rings is 1. The van der Waals surface area contributed by atoms with E-state index in [1.165, 1.54) is 36.1 Å². The van der Waals surface area contributed by atoms with Gasteiger partial charge in [-0.15, -0.1) is 0 Å². The molecule has 12 nitrogen and oxygen atoms in total. The lowest BCUT2D eigenvalue weighted by molar-refractivity contribution is 0.0302. The van der Waals surface area contributed by atoms with Crippen LogP contribution >= 0.6 is 0 Å². The van der Waals surface area contributed by atoms with E-state index in [2.05, 4.69) is 21.5 Å². The molecular weight excluding hydrogens is 617 g/mol. The predicted octanol–water partition coefficient (Wildman–Crippen LogP) is 3.79. The fraction of sp³-hybridized carbons (Fsp3) is 0.257. The van der Waals surface area contributed by atoms with Crippen LogP contribution in [0.4, 0.5) is 15.9 Å². The minimum absolute atomic E-state index is 0.137. The molecule has 1 aliphatic rings. The number of rotatable bonds is 7. The first-order valence-electron chi connectivity index (χ1n) is 15.2. The van der Waals surface area contributed by atoms with Crippen LogP contribution < -0.4 is 16.4 Å². The van der Waals surface area contributed by atoms with Crippen molar-refractivity contribution in [2.24, 2.45) is 7.05 Å². The Morgan fingerprint density at radius 3 is 2.56 bits per heavy atom. The van der Waals surface area contributed by atoms with Crippen molar-refractivity contribution < 1.29 is 19.0 Å². The molecule has 4 heterocycles. The van der Waals surface area contributed by atoms with E-state index < -0.39 is 29.0 Å². The fourth-order valence-corrected chi connectivity index (χ4v) is 5.66. The summed E-state index contributed by atoms with van der Waals surface area (Å²) in [6, 6.07) is 16.3. The lowest BCUT2D eigenvalue weighted by Crippen LogP contribution is -2.40. The Kier molecular flexibility index (Phi) is 8.61. The number of nitrogens with one attached hydrogen (secondary N) is 1. The van der Waals surface area contributed by atoms with E-state index in [1.54, 1.807) is 61.2 Å². The van der Waals surface area contributed by atoms with Gasteiger partial charge in [0.2, 0.25) is 0 Å². The van der Waals surface area contributed by atoms with Crippen LogP contribution in [0.5, 0.6) is 0 Å². The van der Waals surface area contributed by atoms with Crippen LogP contribution in [0.25, 0.3) is 27.7 Å². The fourth-order valence-electron chi connectivity index (χ4n) is 5.66. The average Bonchev–Trinajstić information content (AvgIpc) is 3.10. The van der Waals surface area contributed by atoms with Crippen LogP contribution in [0.1, 0.15) is 35.3 Å². The van der Waals surface area contributed by atoms with Crippen LogP contribution in [0.2, 0.25) is 0 Å². The molecule has 0 spiro atoms. The first-order chi connectivity index (χ1) is 23.0. The number of halogens is 1. The number of amides is 1. The zero-order valence-electron chi connectivity index (χ0n) is 26.5. The van der Waals surface area contributed by atoms with Crippen molar-refractivity contribution in [3.63, 3.8) is 0 Å². The minimum Gasteiger partial charge on any atom is -0.392 e. The summed E-state index contributed by atoms with van der Waals surface area (Å²) in [6.45, 7) is 4.81. The molecule has 0 aliphatic carbocycles. The monoisotopic (exact) mass is 649 g/mol. The van der Waals surface area contributed by atoms with E-state index in [-0.39, 0.29) is 17.0 Å². The second-order valence-electron chi connectivity index (χ2n) is 11.9. The summed E-state index contributed by atoms with van der Waals surface area (Å²) < 4.78 is 23.1. The number of fused-ring (bicyclic) bond motifs is 1. The number of hydrogen-bond acceptors (Lipinski definition) is 9. The highest BCUT2D eigenvalue weighted by molar-refractivity contribution is 5.94. The highest BCUT2D eigenvalue weighted by Crippen LogP contribution is 2.30. The summed E-state index contributed by atoms with van der Waals surface area (Å²) in [4.78, 5) is 45.6. The van der Waals surface area contributed by atoms with E-state index in [0.717, 1.165) is 4.68 Å². The second-order valence-corrected chi connectivity index (χ2v) is 11.9. The molecule has 48 heavy (non-hydrogen) atoms. The Morgan fingerprint density at radius 2 is 1.88 bits per heavy atom. The highest BCUT2D eigenvalue weighted by atomic mass is 19.1. The maximum absolute atomic E-state index is 15.4. The maximum atomic E-state index is 15.4. The molecule has 13 heteroatoms. The van der Waals surface area contributed by atoms with Crippen molar-refractivity contribution in [1.29, 1.82) is 5.26 Å². The number of carbonyl (C=O) groups is 1. The standard InChI is InChI=1S/C35H32FN7O5/c1-35(2,20-37)23-15-21-9-10-43(34(47)31(21)26(36)16-23)29-6-4-5-24(25(29)19-44)27-17-28(33(46)41(3)40-27)39-30-8-7-22(18-38-30)32(45)42-11-13-48-14-12-42/h4-10,15-18,44H,11-14,19H2,1-3H3,(H,38,39). The van der Waals surface area contributed by atoms with Crippen molar-refractivity contribution in [3.8, 4) is 23.0 Å². The van der Waals surface area contributed by atoms with Crippen molar-refractivity contribution in [3.05, 3.63) is 110 Å². The Labute approximate surface area is 274 Å². The number of nitrogens with zero attached hydrogens (tertiary/aromatic N) is 6. The molecule has 1 aliphatic heterocycles. The molecule has 0 atom stereocenters. The van der Waals surface area contributed by atoms with Crippen LogP contribution in [-0.4, -0.2) is 61.5 Å². The lowest BCUT2D eigenvalue weighted by atomic mass is 9.85. The molecule has 1 saturated heterocycles. The summed E-state index contributed by atoms with van der Waals surface area (Å²) in [5.41, 5.74) is 0.315. The van der Waals surface area contributed by atoms with Gasteiger partial charge in [-0.2, -0.15) is 10.4 Å². The number of aliphatic hydroxyl groups is 1. The Bertz CT molecular complexity index is 2220. The first-order valence-corrected chi connectivity index (χ1v) is 15.2. The number of aliphatic hydroxyl groups excluding tert-OH is 1. The number of hydrogen-bond donors (Lipinski definition) is 2. The number of aromatic nitrogens is 4. The molecule has 3 aromatic heterocycles. The number of benzene rings is 2. The molecule has 0 saturated carbocycles. The van der Waals surface area contributed by atoms with E-state index in [4.69, 9.17) is 4.74 Å². The Morgan fingerprint density at radius 1 is 1.10 bits per heavy atom. The second kappa shape index (κ2) is 12.8. The largest absolute Gasteiger partial charge is 0.392 e. The van der Waals surface area contributed by atoms with Gasteiger partial charge in [-0.05, 0) is 67.3 Å².